The van der Waals surface area contributed by atoms with Gasteiger partial charge in [0.15, 0.2) is 0 Å². The van der Waals surface area contributed by atoms with E-state index in [1.165, 1.54) is 79.2 Å². The fourth-order valence-electron chi connectivity index (χ4n) is 3.61. The molecule has 1 aliphatic carbocycles. The molecule has 0 bridgehead atoms. The largest absolute Gasteiger partial charge is 4.00 e. The molecule has 0 fully saturated rings. The minimum atomic E-state index is 0. The average molecular weight is 557 g/mol. The van der Waals surface area contributed by atoms with Gasteiger partial charge in [-0.15, -0.1) is 53.7 Å². The van der Waals surface area contributed by atoms with Crippen molar-refractivity contribution in [2.75, 3.05) is 12.3 Å². The van der Waals surface area contributed by atoms with Crippen LogP contribution in [0.4, 0.5) is 0 Å². The molecule has 3 rings (SSSR count). The van der Waals surface area contributed by atoms with Gasteiger partial charge in [0, 0.05) is 0 Å². The standard InChI is InChI=1S/C17H24P.C10H15.2ClH.Zr/c1-3-5-11-18(12-6-4-2)17-13-15-9-7-8-10-16(15)14-17;1-3-4-7-10-8-5-6-9(10)2;;;/h7-10,13-14H,3-6,11-12H2,1-2H3;6H,3-5,7H2,1-2H3;2*1H;/q2*-1;;;+4/p-2. The van der Waals surface area contributed by atoms with E-state index in [1.54, 1.807) is 5.30 Å². The van der Waals surface area contributed by atoms with Crippen LogP contribution in [0, 0.1) is 6.08 Å². The molecule has 2 aromatic carbocycles. The second kappa shape index (κ2) is 19.7. The van der Waals surface area contributed by atoms with Gasteiger partial charge in [0.1, 0.15) is 0 Å². The van der Waals surface area contributed by atoms with Crippen molar-refractivity contribution in [1.82, 2.24) is 0 Å². The van der Waals surface area contributed by atoms with Gasteiger partial charge in [-0.05, 0) is 25.2 Å². The quantitative estimate of drug-likeness (QED) is 0.312. The zero-order valence-corrected chi connectivity index (χ0v) is 24.7. The summed E-state index contributed by atoms with van der Waals surface area (Å²) >= 11 is 0. The maximum Gasteiger partial charge on any atom is 4.00 e. The van der Waals surface area contributed by atoms with E-state index in [4.69, 9.17) is 0 Å². The van der Waals surface area contributed by atoms with Crippen LogP contribution in [-0.4, -0.2) is 12.3 Å². The summed E-state index contributed by atoms with van der Waals surface area (Å²) in [5.41, 5.74) is 2.91. The molecule has 0 N–H and O–H groups in total. The van der Waals surface area contributed by atoms with Crippen LogP contribution < -0.4 is 30.1 Å². The Morgan fingerprint density at radius 2 is 1.55 bits per heavy atom. The van der Waals surface area contributed by atoms with E-state index >= 15 is 0 Å². The molecular weight excluding hydrogens is 517 g/mol. The third-order valence-electron chi connectivity index (χ3n) is 5.51. The molecule has 31 heavy (non-hydrogen) atoms. The number of rotatable bonds is 10. The van der Waals surface area contributed by atoms with E-state index in [9.17, 15) is 0 Å². The zero-order chi connectivity index (χ0) is 20.2. The molecule has 2 aromatic rings. The molecule has 0 unspecified atom stereocenters. The van der Waals surface area contributed by atoms with Crippen molar-refractivity contribution in [2.24, 2.45) is 0 Å². The Hall–Kier alpha value is 0.203. The number of hydrogen-bond donors (Lipinski definition) is 0. The molecule has 0 amide bonds. The molecule has 1 aliphatic rings. The fourth-order valence-corrected chi connectivity index (χ4v) is 6.39. The molecule has 0 saturated heterocycles. The molecule has 0 heterocycles. The Kier molecular flexibility index (Phi) is 21.2. The van der Waals surface area contributed by atoms with Gasteiger partial charge < -0.3 is 24.8 Å². The van der Waals surface area contributed by atoms with Crippen LogP contribution >= 0.6 is 7.92 Å². The molecular formula is C27H39Cl2PZr. The normalized spacial score (nSPS) is 12.2. The first-order valence-electron chi connectivity index (χ1n) is 11.4. The predicted octanol–water partition coefficient (Wildman–Crippen LogP) is 2.53. The van der Waals surface area contributed by atoms with Gasteiger partial charge in [-0.1, -0.05) is 66.9 Å². The number of hydrogen-bond acceptors (Lipinski definition) is 0. The first-order valence-corrected chi connectivity index (χ1v) is 13.1. The molecule has 0 radical (unpaired) electrons. The summed E-state index contributed by atoms with van der Waals surface area (Å²) in [5, 5.41) is 4.48. The molecule has 170 valence electrons. The third-order valence-corrected chi connectivity index (χ3v) is 8.21. The van der Waals surface area contributed by atoms with E-state index in [0.717, 1.165) is 6.42 Å². The summed E-state index contributed by atoms with van der Waals surface area (Å²) in [5.74, 6) is 0. The number of halogens is 2. The number of benzene rings is 1. The summed E-state index contributed by atoms with van der Waals surface area (Å²) in [6.45, 7) is 9.02. The second-order valence-corrected chi connectivity index (χ2v) is 10.4. The van der Waals surface area contributed by atoms with Crippen molar-refractivity contribution in [2.45, 2.75) is 79.1 Å². The van der Waals surface area contributed by atoms with Crippen molar-refractivity contribution < 1.29 is 51.0 Å². The minimum absolute atomic E-state index is 0. The van der Waals surface area contributed by atoms with Crippen LogP contribution in [0.5, 0.6) is 0 Å². The van der Waals surface area contributed by atoms with Gasteiger partial charge in [-0.25, -0.2) is 11.1 Å². The smallest absolute Gasteiger partial charge is 1.00 e. The zero-order valence-electron chi connectivity index (χ0n) is 19.8. The van der Waals surface area contributed by atoms with Crippen LogP contribution in [0.2, 0.25) is 0 Å². The molecule has 4 heteroatoms. The van der Waals surface area contributed by atoms with Gasteiger partial charge in [-0.3, -0.25) is 6.08 Å². The van der Waals surface area contributed by atoms with Crippen molar-refractivity contribution in [3.63, 3.8) is 0 Å². The number of fused-ring (bicyclic) bond motifs is 1. The average Bonchev–Trinajstić information content (AvgIpc) is 3.32. The van der Waals surface area contributed by atoms with Crippen molar-refractivity contribution in [3.05, 3.63) is 59.7 Å². The second-order valence-electron chi connectivity index (χ2n) is 7.89. The number of unbranched alkanes of at least 4 members (excludes halogenated alkanes) is 3. The van der Waals surface area contributed by atoms with Crippen molar-refractivity contribution >= 4 is 24.0 Å². The van der Waals surface area contributed by atoms with E-state index < -0.39 is 0 Å². The Morgan fingerprint density at radius 3 is 2.06 bits per heavy atom. The first-order chi connectivity index (χ1) is 13.7. The molecule has 0 nitrogen and oxygen atoms in total. The summed E-state index contributed by atoms with van der Waals surface area (Å²) in [4.78, 5) is 0. The van der Waals surface area contributed by atoms with E-state index in [2.05, 4.69) is 76.2 Å². The summed E-state index contributed by atoms with van der Waals surface area (Å²) in [7, 11) is 0.0856. The fraction of sp³-hybridized carbons (Fsp3) is 0.519. The minimum Gasteiger partial charge on any atom is -1.00 e. The van der Waals surface area contributed by atoms with Crippen molar-refractivity contribution in [1.29, 1.82) is 0 Å². The van der Waals surface area contributed by atoms with Crippen LogP contribution in [0.25, 0.3) is 10.8 Å². The summed E-state index contributed by atoms with van der Waals surface area (Å²) in [6, 6.07) is 13.6. The van der Waals surface area contributed by atoms with E-state index in [0.29, 0.717) is 0 Å². The van der Waals surface area contributed by atoms with Gasteiger partial charge in [0.05, 0.1) is 0 Å². The van der Waals surface area contributed by atoms with Gasteiger partial charge in [-0.2, -0.15) is 12.1 Å². The molecule has 0 aromatic heterocycles. The maximum atomic E-state index is 3.37. The van der Waals surface area contributed by atoms with Gasteiger partial charge >= 0.3 is 26.2 Å². The summed E-state index contributed by atoms with van der Waals surface area (Å²) < 4.78 is 0. The van der Waals surface area contributed by atoms with Crippen LogP contribution in [0.15, 0.2) is 53.6 Å². The van der Waals surface area contributed by atoms with Crippen LogP contribution in [-0.2, 0) is 26.2 Å². The predicted molar refractivity (Wildman–Crippen MR) is 130 cm³/mol. The molecule has 0 spiro atoms. The Morgan fingerprint density at radius 1 is 0.935 bits per heavy atom. The molecule has 0 saturated carbocycles. The Bertz CT molecular complexity index is 722. The first kappa shape index (κ1) is 33.4. The summed E-state index contributed by atoms with van der Waals surface area (Å²) in [6.07, 6.45) is 18.8. The van der Waals surface area contributed by atoms with Crippen molar-refractivity contribution in [3.8, 4) is 0 Å². The van der Waals surface area contributed by atoms with Crippen LogP contribution in [0.1, 0.15) is 79.1 Å². The van der Waals surface area contributed by atoms with Crippen LogP contribution in [0.3, 0.4) is 0 Å². The number of allylic oxidation sites excluding steroid dienone is 4. The molecule has 0 aliphatic heterocycles. The monoisotopic (exact) mass is 554 g/mol. The van der Waals surface area contributed by atoms with E-state index in [1.807, 2.05) is 0 Å². The topological polar surface area (TPSA) is 0 Å². The maximum absolute atomic E-state index is 3.37. The Balaban J connectivity index is 0. The van der Waals surface area contributed by atoms with Gasteiger partial charge in [0.2, 0.25) is 0 Å². The Labute approximate surface area is 224 Å². The van der Waals surface area contributed by atoms with Gasteiger partial charge in [0.25, 0.3) is 0 Å². The third kappa shape index (κ3) is 11.8. The molecule has 0 atom stereocenters. The van der Waals surface area contributed by atoms with E-state index in [-0.39, 0.29) is 58.9 Å². The SMILES string of the molecule is CCCCC1=[C-]CC=C1C.CCCCP(CCCC)c1cc2ccccc2[cH-]1.[Cl-].[Cl-].[Zr+4].